The summed E-state index contributed by atoms with van der Waals surface area (Å²) in [5, 5.41) is 0.920. The lowest BCUT2D eigenvalue weighted by atomic mass is 10.2. The van der Waals surface area contributed by atoms with E-state index in [4.69, 9.17) is 26.8 Å². The minimum Gasteiger partial charge on any atom is -0.493 e. The van der Waals surface area contributed by atoms with Gasteiger partial charge in [0.2, 0.25) is 0 Å². The molecule has 1 amide bonds. The highest BCUT2D eigenvalue weighted by Gasteiger charge is 2.20. The molecule has 2 N–H and O–H groups in total. The number of carbonyl (C=O) groups is 1. The summed E-state index contributed by atoms with van der Waals surface area (Å²) in [4.78, 5) is 15.9. The van der Waals surface area contributed by atoms with Crippen LogP contribution in [0.1, 0.15) is 11.1 Å². The SMILES string of the molecule is COc1cc(/C=C2\SC(N)=NC2=O)cc(Br)c1OCc1ccc(Cl)cc1. The van der Waals surface area contributed by atoms with E-state index in [0.717, 1.165) is 22.9 Å². The number of nitrogens with zero attached hydrogens (tertiary/aromatic N) is 1. The van der Waals surface area contributed by atoms with Gasteiger partial charge in [0.25, 0.3) is 5.91 Å². The number of halogens is 2. The lowest BCUT2D eigenvalue weighted by Crippen LogP contribution is -2.01. The summed E-state index contributed by atoms with van der Waals surface area (Å²) in [6.07, 6.45) is 1.71. The highest BCUT2D eigenvalue weighted by Crippen LogP contribution is 2.38. The van der Waals surface area contributed by atoms with Crippen LogP contribution in [-0.2, 0) is 11.4 Å². The summed E-state index contributed by atoms with van der Waals surface area (Å²) in [7, 11) is 1.56. The van der Waals surface area contributed by atoms with Gasteiger partial charge < -0.3 is 15.2 Å². The Balaban J connectivity index is 1.82. The number of amides is 1. The summed E-state index contributed by atoms with van der Waals surface area (Å²) in [6, 6.07) is 11.0. The fourth-order valence-corrected chi connectivity index (χ4v) is 3.66. The van der Waals surface area contributed by atoms with Crippen molar-refractivity contribution in [3.63, 3.8) is 0 Å². The molecule has 0 unspecified atom stereocenters. The molecule has 3 rings (SSSR count). The molecule has 26 heavy (non-hydrogen) atoms. The van der Waals surface area contributed by atoms with Crippen molar-refractivity contribution < 1.29 is 14.3 Å². The van der Waals surface area contributed by atoms with Crippen LogP contribution in [0.3, 0.4) is 0 Å². The number of methoxy groups -OCH3 is 1. The summed E-state index contributed by atoms with van der Waals surface area (Å²) < 4.78 is 12.0. The van der Waals surface area contributed by atoms with Crippen LogP contribution in [0.15, 0.2) is 50.8 Å². The Labute approximate surface area is 168 Å². The maximum atomic E-state index is 11.7. The predicted octanol–water partition coefficient (Wildman–Crippen LogP) is 4.62. The van der Waals surface area contributed by atoms with E-state index < -0.39 is 0 Å². The topological polar surface area (TPSA) is 73.9 Å². The molecule has 0 saturated heterocycles. The third kappa shape index (κ3) is 4.41. The molecule has 134 valence electrons. The maximum Gasteiger partial charge on any atom is 0.286 e. The van der Waals surface area contributed by atoms with Crippen molar-refractivity contribution in [3.05, 3.63) is 61.9 Å². The molecule has 0 fully saturated rings. The van der Waals surface area contributed by atoms with E-state index in [-0.39, 0.29) is 11.1 Å². The Morgan fingerprint density at radius 1 is 1.31 bits per heavy atom. The Morgan fingerprint density at radius 3 is 2.65 bits per heavy atom. The summed E-state index contributed by atoms with van der Waals surface area (Å²) in [6.45, 7) is 0.366. The first kappa shape index (κ1) is 18.8. The van der Waals surface area contributed by atoms with Crippen molar-refractivity contribution in [1.29, 1.82) is 0 Å². The number of amidine groups is 1. The van der Waals surface area contributed by atoms with E-state index in [1.165, 1.54) is 0 Å². The lowest BCUT2D eigenvalue weighted by Gasteiger charge is -2.14. The zero-order valence-electron chi connectivity index (χ0n) is 13.7. The first-order valence-electron chi connectivity index (χ1n) is 7.49. The number of ether oxygens (including phenoxy) is 2. The molecule has 1 aliphatic rings. The van der Waals surface area contributed by atoms with Crippen LogP contribution in [0.4, 0.5) is 0 Å². The van der Waals surface area contributed by atoms with Gasteiger partial charge in [-0.05, 0) is 69.2 Å². The summed E-state index contributed by atoms with van der Waals surface area (Å²) in [5.74, 6) is 0.779. The molecule has 1 heterocycles. The van der Waals surface area contributed by atoms with Gasteiger partial charge in [-0.15, -0.1) is 0 Å². The predicted molar refractivity (Wildman–Crippen MR) is 109 cm³/mol. The quantitative estimate of drug-likeness (QED) is 0.669. The molecule has 0 radical (unpaired) electrons. The second-order valence-corrected chi connectivity index (χ2v) is 7.67. The molecule has 0 atom stereocenters. The zero-order valence-corrected chi connectivity index (χ0v) is 16.8. The minimum atomic E-state index is -0.342. The van der Waals surface area contributed by atoms with Gasteiger partial charge in [-0.2, -0.15) is 4.99 Å². The highest BCUT2D eigenvalue weighted by molar-refractivity contribution is 9.10. The summed E-state index contributed by atoms with van der Waals surface area (Å²) in [5.41, 5.74) is 7.33. The van der Waals surface area contributed by atoms with Gasteiger partial charge in [0.15, 0.2) is 16.7 Å². The van der Waals surface area contributed by atoms with Crippen molar-refractivity contribution in [1.82, 2.24) is 0 Å². The van der Waals surface area contributed by atoms with Gasteiger partial charge in [0.1, 0.15) is 6.61 Å². The average Bonchev–Trinajstić information content (AvgIpc) is 2.92. The molecule has 0 saturated carbocycles. The Hall–Kier alpha value is -1.96. The van der Waals surface area contributed by atoms with Gasteiger partial charge in [0, 0.05) is 5.02 Å². The molecule has 2 aromatic rings. The molecular formula is C18H14BrClN2O3S. The maximum absolute atomic E-state index is 11.7. The number of rotatable bonds is 5. The van der Waals surface area contributed by atoms with E-state index in [1.54, 1.807) is 19.3 Å². The van der Waals surface area contributed by atoms with E-state index in [1.807, 2.05) is 30.3 Å². The van der Waals surface area contributed by atoms with Gasteiger partial charge in [-0.1, -0.05) is 23.7 Å². The minimum absolute atomic E-state index is 0.246. The van der Waals surface area contributed by atoms with Crippen LogP contribution in [0.2, 0.25) is 5.02 Å². The van der Waals surface area contributed by atoms with Gasteiger partial charge in [0.05, 0.1) is 16.5 Å². The van der Waals surface area contributed by atoms with Crippen molar-refractivity contribution in [2.45, 2.75) is 6.61 Å². The number of carbonyl (C=O) groups excluding carboxylic acids is 1. The van der Waals surface area contributed by atoms with Crippen molar-refractivity contribution in [2.75, 3.05) is 7.11 Å². The first-order chi connectivity index (χ1) is 12.5. The number of hydrogen-bond donors (Lipinski definition) is 1. The Kier molecular flexibility index (Phi) is 5.90. The van der Waals surface area contributed by atoms with Crippen LogP contribution in [0, 0.1) is 0 Å². The first-order valence-corrected chi connectivity index (χ1v) is 9.48. The van der Waals surface area contributed by atoms with Crippen LogP contribution in [0.25, 0.3) is 6.08 Å². The van der Waals surface area contributed by atoms with Gasteiger partial charge in [-0.3, -0.25) is 4.79 Å². The van der Waals surface area contributed by atoms with Crippen molar-refractivity contribution in [3.8, 4) is 11.5 Å². The van der Waals surface area contributed by atoms with Gasteiger partial charge >= 0.3 is 0 Å². The molecule has 0 spiro atoms. The van der Waals surface area contributed by atoms with Crippen molar-refractivity contribution in [2.24, 2.45) is 10.7 Å². The fraction of sp³-hybridized carbons (Fsp3) is 0.111. The number of nitrogens with two attached hydrogens (primary N) is 1. The normalized spacial score (nSPS) is 15.3. The highest BCUT2D eigenvalue weighted by atomic mass is 79.9. The van der Waals surface area contributed by atoms with Crippen LogP contribution < -0.4 is 15.2 Å². The van der Waals surface area contributed by atoms with Crippen LogP contribution in [-0.4, -0.2) is 18.2 Å². The second-order valence-electron chi connectivity index (χ2n) is 5.32. The fourth-order valence-electron chi connectivity index (χ4n) is 2.28. The zero-order chi connectivity index (χ0) is 18.7. The molecule has 5 nitrogen and oxygen atoms in total. The molecule has 2 aromatic carbocycles. The van der Waals surface area contributed by atoms with Gasteiger partial charge in [-0.25, -0.2) is 0 Å². The van der Waals surface area contributed by atoms with Crippen LogP contribution in [0.5, 0.6) is 11.5 Å². The number of thioether (sulfide) groups is 1. The molecular weight excluding hydrogens is 440 g/mol. The van der Waals surface area contributed by atoms with E-state index in [2.05, 4.69) is 20.9 Å². The van der Waals surface area contributed by atoms with Crippen molar-refractivity contribution >= 4 is 56.4 Å². The third-order valence-electron chi connectivity index (χ3n) is 3.48. The lowest BCUT2D eigenvalue weighted by molar-refractivity contribution is -0.113. The van der Waals surface area contributed by atoms with E-state index in [9.17, 15) is 4.79 Å². The number of aliphatic imine (C=N–C) groups is 1. The number of benzene rings is 2. The molecule has 1 aliphatic heterocycles. The Bertz CT molecular complexity index is 913. The molecule has 0 aromatic heterocycles. The Morgan fingerprint density at radius 2 is 2.04 bits per heavy atom. The molecule has 8 heteroatoms. The average molecular weight is 454 g/mol. The van der Waals surface area contributed by atoms with E-state index in [0.29, 0.717) is 32.5 Å². The summed E-state index contributed by atoms with van der Waals surface area (Å²) >= 11 is 10.5. The molecule has 0 aliphatic carbocycles. The largest absolute Gasteiger partial charge is 0.493 e. The second kappa shape index (κ2) is 8.16. The monoisotopic (exact) mass is 452 g/mol. The smallest absolute Gasteiger partial charge is 0.286 e. The number of hydrogen-bond acceptors (Lipinski definition) is 5. The molecule has 0 bridgehead atoms. The third-order valence-corrected chi connectivity index (χ3v) is 5.14. The standard InChI is InChI=1S/C18H14BrClN2O3S/c1-24-14-7-11(8-15-17(23)22-18(21)26-15)6-13(19)16(14)25-9-10-2-4-12(20)5-3-10/h2-8H,9H2,1H3,(H2,21,22,23)/b15-8-. The van der Waals surface area contributed by atoms with Crippen LogP contribution >= 0.6 is 39.3 Å². The van der Waals surface area contributed by atoms with E-state index >= 15 is 0 Å².